The van der Waals surface area contributed by atoms with Crippen LogP contribution in [0, 0.1) is 0 Å². The van der Waals surface area contributed by atoms with Crippen molar-refractivity contribution in [3.05, 3.63) is 29.8 Å². The van der Waals surface area contributed by atoms with Crippen molar-refractivity contribution in [2.75, 3.05) is 25.6 Å². The van der Waals surface area contributed by atoms with Gasteiger partial charge in [0.05, 0.1) is 6.61 Å². The number of nitrogens with two attached hydrogens (primary N) is 1. The van der Waals surface area contributed by atoms with Crippen LogP contribution in [0.15, 0.2) is 24.3 Å². The maximum atomic E-state index is 12.3. The Labute approximate surface area is 121 Å². The standard InChI is InChI=1S/C15H25N3O2/c1-4-12(2)18(9-10-20-3)15(19)17-14-7-5-13(11-16)6-8-14/h5-8,12H,4,9-11,16H2,1-3H3,(H,17,19). The number of rotatable bonds is 7. The molecule has 5 heteroatoms. The van der Waals surface area contributed by atoms with Crippen molar-refractivity contribution in [3.8, 4) is 0 Å². The largest absolute Gasteiger partial charge is 0.383 e. The molecule has 0 fully saturated rings. The number of anilines is 1. The van der Waals surface area contributed by atoms with Crippen LogP contribution in [0.1, 0.15) is 25.8 Å². The highest BCUT2D eigenvalue weighted by Gasteiger charge is 2.18. The molecule has 0 saturated carbocycles. The number of nitrogens with one attached hydrogen (secondary N) is 1. The number of amides is 2. The molecule has 0 heterocycles. The second kappa shape index (κ2) is 8.55. The second-order valence-electron chi connectivity index (χ2n) is 4.77. The molecule has 1 unspecified atom stereocenters. The van der Waals surface area contributed by atoms with Gasteiger partial charge in [-0.15, -0.1) is 0 Å². The van der Waals surface area contributed by atoms with E-state index in [1.807, 2.05) is 31.2 Å². The van der Waals surface area contributed by atoms with Crippen LogP contribution in [0.5, 0.6) is 0 Å². The number of benzene rings is 1. The van der Waals surface area contributed by atoms with E-state index in [0.717, 1.165) is 17.7 Å². The third-order valence-corrected chi connectivity index (χ3v) is 3.36. The van der Waals surface area contributed by atoms with Crippen molar-refractivity contribution >= 4 is 11.7 Å². The quantitative estimate of drug-likeness (QED) is 0.805. The van der Waals surface area contributed by atoms with E-state index >= 15 is 0 Å². The van der Waals surface area contributed by atoms with Gasteiger partial charge in [-0.25, -0.2) is 4.79 Å². The van der Waals surface area contributed by atoms with E-state index in [9.17, 15) is 4.79 Å². The molecular weight excluding hydrogens is 254 g/mol. The Hall–Kier alpha value is -1.59. The van der Waals surface area contributed by atoms with Crippen molar-refractivity contribution in [3.63, 3.8) is 0 Å². The highest BCUT2D eigenvalue weighted by atomic mass is 16.5. The van der Waals surface area contributed by atoms with Crippen LogP contribution in [0.25, 0.3) is 0 Å². The van der Waals surface area contributed by atoms with Gasteiger partial charge in [-0.3, -0.25) is 0 Å². The van der Waals surface area contributed by atoms with Crippen molar-refractivity contribution in [1.82, 2.24) is 4.90 Å². The molecule has 0 saturated heterocycles. The molecule has 0 aliphatic carbocycles. The lowest BCUT2D eigenvalue weighted by atomic mass is 10.2. The van der Waals surface area contributed by atoms with Crippen LogP contribution in [-0.4, -0.2) is 37.2 Å². The van der Waals surface area contributed by atoms with Crippen LogP contribution < -0.4 is 11.1 Å². The SMILES string of the molecule is CCC(C)N(CCOC)C(=O)Nc1ccc(CN)cc1. The third kappa shape index (κ3) is 4.83. The summed E-state index contributed by atoms with van der Waals surface area (Å²) in [5, 5.41) is 2.91. The molecule has 1 aromatic carbocycles. The van der Waals surface area contributed by atoms with Crippen molar-refractivity contribution in [2.45, 2.75) is 32.9 Å². The highest BCUT2D eigenvalue weighted by molar-refractivity contribution is 5.89. The summed E-state index contributed by atoms with van der Waals surface area (Å²) in [6.45, 7) is 5.71. The summed E-state index contributed by atoms with van der Waals surface area (Å²) >= 11 is 0. The van der Waals surface area contributed by atoms with Gasteiger partial charge in [-0.1, -0.05) is 19.1 Å². The summed E-state index contributed by atoms with van der Waals surface area (Å²) in [6.07, 6.45) is 0.906. The highest BCUT2D eigenvalue weighted by Crippen LogP contribution is 2.12. The predicted molar refractivity (Wildman–Crippen MR) is 81.7 cm³/mol. The first-order chi connectivity index (χ1) is 9.62. The summed E-state index contributed by atoms with van der Waals surface area (Å²) in [5.41, 5.74) is 7.37. The minimum atomic E-state index is -0.100. The molecule has 0 spiro atoms. The lowest BCUT2D eigenvalue weighted by Crippen LogP contribution is -2.43. The summed E-state index contributed by atoms with van der Waals surface area (Å²) in [6, 6.07) is 7.64. The number of nitrogens with zero attached hydrogens (tertiary/aromatic N) is 1. The Kier molecular flexibility index (Phi) is 7.04. The smallest absolute Gasteiger partial charge is 0.322 e. The Balaban J connectivity index is 2.68. The van der Waals surface area contributed by atoms with E-state index in [-0.39, 0.29) is 12.1 Å². The zero-order valence-electron chi connectivity index (χ0n) is 12.6. The average molecular weight is 279 g/mol. The second-order valence-corrected chi connectivity index (χ2v) is 4.77. The van der Waals surface area contributed by atoms with E-state index in [4.69, 9.17) is 10.5 Å². The number of hydrogen-bond acceptors (Lipinski definition) is 3. The fourth-order valence-corrected chi connectivity index (χ4v) is 1.85. The van der Waals surface area contributed by atoms with Crippen molar-refractivity contribution < 1.29 is 9.53 Å². The van der Waals surface area contributed by atoms with Crippen LogP contribution in [0.3, 0.4) is 0 Å². The van der Waals surface area contributed by atoms with Gasteiger partial charge in [0.1, 0.15) is 0 Å². The monoisotopic (exact) mass is 279 g/mol. The molecule has 1 rings (SSSR count). The molecule has 2 amide bonds. The Bertz CT molecular complexity index is 406. The van der Waals surface area contributed by atoms with Crippen LogP contribution >= 0.6 is 0 Å². The lowest BCUT2D eigenvalue weighted by Gasteiger charge is -2.28. The summed E-state index contributed by atoms with van der Waals surface area (Å²) < 4.78 is 5.06. The Morgan fingerprint density at radius 1 is 1.40 bits per heavy atom. The zero-order valence-corrected chi connectivity index (χ0v) is 12.6. The minimum absolute atomic E-state index is 0.100. The van der Waals surface area contributed by atoms with Crippen molar-refractivity contribution in [1.29, 1.82) is 0 Å². The molecule has 112 valence electrons. The fraction of sp³-hybridized carbons (Fsp3) is 0.533. The minimum Gasteiger partial charge on any atom is -0.383 e. The number of urea groups is 1. The fourth-order valence-electron chi connectivity index (χ4n) is 1.85. The van der Waals surface area contributed by atoms with Gasteiger partial charge < -0.3 is 20.7 Å². The van der Waals surface area contributed by atoms with Gasteiger partial charge in [0.15, 0.2) is 0 Å². The summed E-state index contributed by atoms with van der Waals surface area (Å²) in [4.78, 5) is 14.1. The maximum Gasteiger partial charge on any atom is 0.322 e. The first-order valence-electron chi connectivity index (χ1n) is 6.97. The average Bonchev–Trinajstić information content (AvgIpc) is 2.48. The van der Waals surface area contributed by atoms with Crippen molar-refractivity contribution in [2.24, 2.45) is 5.73 Å². The van der Waals surface area contributed by atoms with Gasteiger partial charge in [-0.05, 0) is 31.0 Å². The normalized spacial score (nSPS) is 12.0. The van der Waals surface area contributed by atoms with Crippen LogP contribution in [0.2, 0.25) is 0 Å². The molecule has 3 N–H and O–H groups in total. The number of methoxy groups -OCH3 is 1. The molecule has 0 radical (unpaired) electrons. The third-order valence-electron chi connectivity index (χ3n) is 3.36. The number of hydrogen-bond donors (Lipinski definition) is 2. The van der Waals surface area contributed by atoms with E-state index in [2.05, 4.69) is 12.2 Å². The first kappa shape index (κ1) is 16.5. The molecule has 1 atom stereocenters. The van der Waals surface area contributed by atoms with Gasteiger partial charge in [-0.2, -0.15) is 0 Å². The molecule has 5 nitrogen and oxygen atoms in total. The molecule has 20 heavy (non-hydrogen) atoms. The first-order valence-corrected chi connectivity index (χ1v) is 6.97. The molecule has 0 bridgehead atoms. The summed E-state index contributed by atoms with van der Waals surface area (Å²) in [5.74, 6) is 0. The Morgan fingerprint density at radius 3 is 2.55 bits per heavy atom. The maximum absolute atomic E-state index is 12.3. The van der Waals surface area contributed by atoms with E-state index in [1.54, 1.807) is 12.0 Å². The van der Waals surface area contributed by atoms with Gasteiger partial charge in [0.2, 0.25) is 0 Å². The summed E-state index contributed by atoms with van der Waals surface area (Å²) in [7, 11) is 1.64. The molecule has 1 aromatic rings. The van der Waals surface area contributed by atoms with Crippen LogP contribution in [0.4, 0.5) is 10.5 Å². The van der Waals surface area contributed by atoms with E-state index in [0.29, 0.717) is 19.7 Å². The number of carbonyl (C=O) groups excluding carboxylic acids is 1. The lowest BCUT2D eigenvalue weighted by molar-refractivity contribution is 0.138. The van der Waals surface area contributed by atoms with Gasteiger partial charge in [0.25, 0.3) is 0 Å². The van der Waals surface area contributed by atoms with E-state index in [1.165, 1.54) is 0 Å². The molecular formula is C15H25N3O2. The molecule has 0 aliphatic heterocycles. The van der Waals surface area contributed by atoms with Gasteiger partial charge in [0, 0.05) is 31.9 Å². The zero-order chi connectivity index (χ0) is 15.0. The van der Waals surface area contributed by atoms with Crippen LogP contribution in [-0.2, 0) is 11.3 Å². The molecule has 0 aliphatic rings. The Morgan fingerprint density at radius 2 is 2.05 bits per heavy atom. The number of ether oxygens (including phenoxy) is 1. The van der Waals surface area contributed by atoms with E-state index < -0.39 is 0 Å². The van der Waals surface area contributed by atoms with Gasteiger partial charge >= 0.3 is 6.03 Å². The topological polar surface area (TPSA) is 67.6 Å². The predicted octanol–water partition coefficient (Wildman–Crippen LogP) is 2.42. The molecule has 0 aromatic heterocycles. The number of carbonyl (C=O) groups is 1.